The third-order valence-electron chi connectivity index (χ3n) is 2.17. The maximum absolute atomic E-state index is 11.3. The Kier molecular flexibility index (Phi) is 3.43. The molecule has 1 unspecified atom stereocenters. The van der Waals surface area contributed by atoms with E-state index >= 15 is 0 Å². The average molecular weight is 250 g/mol. The predicted molar refractivity (Wildman–Crippen MR) is 67.5 cm³/mol. The maximum Gasteiger partial charge on any atom is 0.206 e. The van der Waals surface area contributed by atoms with Gasteiger partial charge in [0.1, 0.15) is 12.5 Å². The van der Waals surface area contributed by atoms with Gasteiger partial charge in [-0.3, -0.25) is 4.79 Å². The summed E-state index contributed by atoms with van der Waals surface area (Å²) in [7, 11) is 0. The quantitative estimate of drug-likeness (QED) is 0.620. The molecule has 0 spiro atoms. The van der Waals surface area contributed by atoms with Crippen LogP contribution in [0.3, 0.4) is 0 Å². The fraction of sp³-hybridized carbons (Fsp3) is 0.0833. The Labute approximate surface area is 101 Å². The lowest BCUT2D eigenvalue weighted by Crippen LogP contribution is -1.91. The Morgan fingerprint density at radius 1 is 1.31 bits per heavy atom. The summed E-state index contributed by atoms with van der Waals surface area (Å²) >= 11 is 0.557. The van der Waals surface area contributed by atoms with Crippen molar-refractivity contribution in [2.45, 2.75) is 4.21 Å². The van der Waals surface area contributed by atoms with Crippen LogP contribution in [0.1, 0.15) is 10.4 Å². The van der Waals surface area contributed by atoms with Gasteiger partial charge < -0.3 is 4.55 Å². The molecule has 16 heavy (non-hydrogen) atoms. The lowest BCUT2D eigenvalue weighted by molar-refractivity contribution is 0.112. The largest absolute Gasteiger partial charge is 0.611 e. The van der Waals surface area contributed by atoms with E-state index in [-0.39, 0.29) is 0 Å². The van der Waals surface area contributed by atoms with Gasteiger partial charge in [-0.05, 0) is 28.9 Å². The fourth-order valence-electron chi connectivity index (χ4n) is 1.40. The van der Waals surface area contributed by atoms with Crippen molar-refractivity contribution in [3.05, 3.63) is 42.0 Å². The molecule has 1 aromatic carbocycles. The highest BCUT2D eigenvalue weighted by Crippen LogP contribution is 2.30. The summed E-state index contributed by atoms with van der Waals surface area (Å²) in [6.07, 6.45) is 2.49. The summed E-state index contributed by atoms with van der Waals surface area (Å²) in [5, 5.41) is 0. The van der Waals surface area contributed by atoms with Crippen LogP contribution >= 0.6 is 11.3 Å². The Hall–Kier alpha value is -1.10. The molecule has 0 radical (unpaired) electrons. The van der Waals surface area contributed by atoms with Gasteiger partial charge in [0.2, 0.25) is 4.21 Å². The van der Waals surface area contributed by atoms with Crippen molar-refractivity contribution in [2.24, 2.45) is 0 Å². The number of hydrogen-bond acceptors (Lipinski definition) is 3. The Bertz CT molecular complexity index is 503. The molecule has 0 aliphatic carbocycles. The zero-order valence-corrected chi connectivity index (χ0v) is 10.3. The van der Waals surface area contributed by atoms with Crippen LogP contribution in [0.25, 0.3) is 10.4 Å². The van der Waals surface area contributed by atoms with Gasteiger partial charge in [-0.2, -0.15) is 0 Å². The molecule has 0 aliphatic heterocycles. The average Bonchev–Trinajstić information content (AvgIpc) is 2.78. The van der Waals surface area contributed by atoms with Crippen molar-refractivity contribution >= 4 is 28.8 Å². The van der Waals surface area contributed by atoms with Crippen molar-refractivity contribution in [1.29, 1.82) is 0 Å². The van der Waals surface area contributed by atoms with E-state index in [0.29, 0.717) is 5.56 Å². The minimum atomic E-state index is -0.940. The number of carbonyl (C=O) groups excluding carboxylic acids is 1. The second-order valence-corrected chi connectivity index (χ2v) is 6.01. The number of carbonyl (C=O) groups is 1. The van der Waals surface area contributed by atoms with Crippen LogP contribution in [0.15, 0.2) is 40.6 Å². The molecule has 0 amide bonds. The molecule has 2 nitrogen and oxygen atoms in total. The van der Waals surface area contributed by atoms with Crippen LogP contribution in [0.4, 0.5) is 0 Å². The Morgan fingerprint density at radius 3 is 2.75 bits per heavy atom. The minimum Gasteiger partial charge on any atom is -0.611 e. The molecule has 1 heterocycles. The molecule has 0 bridgehead atoms. The third-order valence-corrected chi connectivity index (χ3v) is 4.76. The van der Waals surface area contributed by atoms with Gasteiger partial charge in [0.25, 0.3) is 0 Å². The molecule has 1 atom stereocenters. The van der Waals surface area contributed by atoms with Crippen LogP contribution < -0.4 is 0 Å². The van der Waals surface area contributed by atoms with E-state index < -0.39 is 11.2 Å². The monoisotopic (exact) mass is 250 g/mol. The highest BCUT2D eigenvalue weighted by molar-refractivity contribution is 7.92. The molecule has 0 saturated heterocycles. The molecule has 2 aromatic rings. The number of aldehydes is 1. The van der Waals surface area contributed by atoms with Crippen molar-refractivity contribution in [3.63, 3.8) is 0 Å². The van der Waals surface area contributed by atoms with Crippen LogP contribution in [0, 0.1) is 0 Å². The van der Waals surface area contributed by atoms with Gasteiger partial charge >= 0.3 is 0 Å². The van der Waals surface area contributed by atoms with Crippen molar-refractivity contribution in [3.8, 4) is 10.4 Å². The van der Waals surface area contributed by atoms with E-state index in [0.717, 1.165) is 20.9 Å². The van der Waals surface area contributed by atoms with E-state index in [2.05, 4.69) is 0 Å². The summed E-state index contributed by atoms with van der Waals surface area (Å²) in [6, 6.07) is 11.2. The first kappa shape index (κ1) is 11.4. The van der Waals surface area contributed by atoms with E-state index in [4.69, 9.17) is 0 Å². The van der Waals surface area contributed by atoms with E-state index in [1.807, 2.05) is 30.3 Å². The highest BCUT2D eigenvalue weighted by Gasteiger charge is 2.09. The lowest BCUT2D eigenvalue weighted by atomic mass is 10.1. The summed E-state index contributed by atoms with van der Waals surface area (Å²) in [4.78, 5) is 11.7. The second kappa shape index (κ2) is 4.82. The first-order valence-electron chi connectivity index (χ1n) is 4.69. The van der Waals surface area contributed by atoms with E-state index in [9.17, 15) is 9.35 Å². The van der Waals surface area contributed by atoms with Gasteiger partial charge in [-0.1, -0.05) is 29.5 Å². The molecule has 0 N–H and O–H groups in total. The summed E-state index contributed by atoms with van der Waals surface area (Å²) in [5.74, 6) is 0. The Balaban J connectivity index is 2.38. The van der Waals surface area contributed by atoms with Crippen molar-refractivity contribution < 1.29 is 9.35 Å². The Morgan fingerprint density at radius 2 is 2.12 bits per heavy atom. The van der Waals surface area contributed by atoms with E-state index in [1.165, 1.54) is 11.3 Å². The van der Waals surface area contributed by atoms with Gasteiger partial charge in [-0.15, -0.1) is 0 Å². The molecular formula is C12H10O2S2. The molecule has 1 aromatic heterocycles. The number of thiophene rings is 1. The first-order valence-corrected chi connectivity index (χ1v) is 7.07. The van der Waals surface area contributed by atoms with Crippen LogP contribution in [0.2, 0.25) is 0 Å². The second-order valence-electron chi connectivity index (χ2n) is 3.32. The van der Waals surface area contributed by atoms with Crippen molar-refractivity contribution in [1.82, 2.24) is 0 Å². The predicted octanol–water partition coefficient (Wildman–Crippen LogP) is 2.97. The van der Waals surface area contributed by atoms with Crippen molar-refractivity contribution in [2.75, 3.05) is 6.26 Å². The maximum atomic E-state index is 11.3. The van der Waals surface area contributed by atoms with Gasteiger partial charge in [0.05, 0.1) is 0 Å². The van der Waals surface area contributed by atoms with Gasteiger partial charge in [0.15, 0.2) is 0 Å². The third kappa shape index (κ3) is 2.35. The number of hydrogen-bond donors (Lipinski definition) is 0. The summed E-state index contributed by atoms with van der Waals surface area (Å²) in [5.41, 5.74) is 1.65. The summed E-state index contributed by atoms with van der Waals surface area (Å²) in [6.45, 7) is 0. The molecule has 0 saturated carbocycles. The number of rotatable bonds is 3. The van der Waals surface area contributed by atoms with Crippen LogP contribution in [-0.2, 0) is 11.2 Å². The zero-order valence-electron chi connectivity index (χ0n) is 8.67. The van der Waals surface area contributed by atoms with Crippen LogP contribution in [0.5, 0.6) is 0 Å². The molecular weight excluding hydrogens is 240 g/mol. The fourth-order valence-corrected chi connectivity index (χ4v) is 3.13. The highest BCUT2D eigenvalue weighted by atomic mass is 32.2. The first-order chi connectivity index (χ1) is 7.70. The van der Waals surface area contributed by atoms with Crippen LogP contribution in [-0.4, -0.2) is 17.1 Å². The molecule has 2 rings (SSSR count). The summed E-state index contributed by atoms with van der Waals surface area (Å²) < 4.78 is 12.1. The van der Waals surface area contributed by atoms with E-state index in [1.54, 1.807) is 12.3 Å². The minimum absolute atomic E-state index is 0.657. The standard InChI is InChI=1S/C12H10O2S2/c1-16(14)12-6-5-11(15-12)10-4-2-3-9(7-10)8-13/h2-8H,1H3. The smallest absolute Gasteiger partial charge is 0.206 e. The topological polar surface area (TPSA) is 40.1 Å². The molecule has 4 heteroatoms. The van der Waals surface area contributed by atoms with Gasteiger partial charge in [0, 0.05) is 16.5 Å². The SMILES string of the molecule is C[S+]([O-])c1ccc(-c2cccc(C=O)c2)s1. The molecule has 0 aliphatic rings. The normalized spacial score (nSPS) is 12.4. The molecule has 82 valence electrons. The lowest BCUT2D eigenvalue weighted by Gasteiger charge is -1.99. The molecule has 0 fully saturated rings. The number of benzene rings is 1. The van der Waals surface area contributed by atoms with Gasteiger partial charge in [-0.25, -0.2) is 0 Å². The zero-order chi connectivity index (χ0) is 11.5.